The van der Waals surface area contributed by atoms with Gasteiger partial charge in [-0.25, -0.2) is 4.39 Å². The minimum absolute atomic E-state index is 0.212. The molecule has 1 N–H and O–H groups in total. The van der Waals surface area contributed by atoms with Crippen molar-refractivity contribution in [3.8, 4) is 0 Å². The first-order chi connectivity index (χ1) is 9.88. The molecule has 110 valence electrons. The summed E-state index contributed by atoms with van der Waals surface area (Å²) in [5.41, 5.74) is 2.35. The van der Waals surface area contributed by atoms with Crippen LogP contribution in [0, 0.1) is 19.7 Å². The number of aryl methyl sites for hydroxylation is 2. The van der Waals surface area contributed by atoms with Crippen molar-refractivity contribution in [2.45, 2.75) is 25.3 Å². The maximum absolute atomic E-state index is 13.6. The molecular weight excluding hydrogens is 309 g/mol. The molecule has 0 spiro atoms. The molecule has 0 atom stereocenters. The molecule has 21 heavy (non-hydrogen) atoms. The molecule has 0 saturated heterocycles. The van der Waals surface area contributed by atoms with Crippen LogP contribution in [0.4, 0.5) is 4.39 Å². The van der Waals surface area contributed by atoms with Crippen molar-refractivity contribution in [3.63, 3.8) is 0 Å². The first-order valence-electron chi connectivity index (χ1n) is 6.41. The van der Waals surface area contributed by atoms with E-state index in [9.17, 15) is 9.18 Å². The molecule has 2 nitrogen and oxygen atoms in total. The van der Waals surface area contributed by atoms with Gasteiger partial charge in [-0.2, -0.15) is 0 Å². The highest BCUT2D eigenvalue weighted by Gasteiger charge is 2.11. The third-order valence-electron chi connectivity index (χ3n) is 3.14. The van der Waals surface area contributed by atoms with Gasteiger partial charge in [0.05, 0.1) is 10.6 Å². The van der Waals surface area contributed by atoms with Crippen molar-refractivity contribution in [3.05, 3.63) is 63.4 Å². The zero-order valence-corrected chi connectivity index (χ0v) is 13.4. The zero-order valence-electron chi connectivity index (χ0n) is 11.7. The second-order valence-electron chi connectivity index (χ2n) is 4.89. The van der Waals surface area contributed by atoms with Gasteiger partial charge in [0.2, 0.25) is 0 Å². The van der Waals surface area contributed by atoms with E-state index in [0.29, 0.717) is 33.2 Å². The number of halogens is 2. The van der Waals surface area contributed by atoms with Gasteiger partial charge < -0.3 is 5.32 Å². The van der Waals surface area contributed by atoms with Gasteiger partial charge >= 0.3 is 0 Å². The van der Waals surface area contributed by atoms with Crippen LogP contribution in [0.2, 0.25) is 5.02 Å². The van der Waals surface area contributed by atoms with Crippen LogP contribution in [0.3, 0.4) is 0 Å². The maximum atomic E-state index is 13.6. The van der Waals surface area contributed by atoms with E-state index in [1.807, 2.05) is 0 Å². The third-order valence-corrected chi connectivity index (χ3v) is 3.75. The van der Waals surface area contributed by atoms with Gasteiger partial charge in [0.1, 0.15) is 5.82 Å². The second kappa shape index (κ2) is 6.50. The smallest absolute Gasteiger partial charge is 0.253 e. The number of hydrogen-bond acceptors (Lipinski definition) is 2. The Morgan fingerprint density at radius 1 is 1.24 bits per heavy atom. The molecule has 1 amide bonds. The topological polar surface area (TPSA) is 29.1 Å². The molecule has 0 unspecified atom stereocenters. The molecule has 2 aromatic rings. The summed E-state index contributed by atoms with van der Waals surface area (Å²) in [5, 5.41) is 3.15. The molecule has 2 rings (SSSR count). The molecule has 0 aromatic heterocycles. The van der Waals surface area contributed by atoms with Crippen LogP contribution in [0.15, 0.2) is 35.2 Å². The average Bonchev–Trinajstić information content (AvgIpc) is 2.44. The fourth-order valence-corrected chi connectivity index (χ4v) is 2.51. The second-order valence-corrected chi connectivity index (χ2v) is 5.81. The van der Waals surface area contributed by atoms with Crippen molar-refractivity contribution in [2.24, 2.45) is 0 Å². The van der Waals surface area contributed by atoms with E-state index in [0.717, 1.165) is 5.56 Å². The summed E-state index contributed by atoms with van der Waals surface area (Å²) in [6.07, 6.45) is 0. The van der Waals surface area contributed by atoms with Crippen molar-refractivity contribution < 1.29 is 9.18 Å². The lowest BCUT2D eigenvalue weighted by Gasteiger charge is -2.10. The summed E-state index contributed by atoms with van der Waals surface area (Å²) in [4.78, 5) is 12.8. The number of thiol groups is 1. The van der Waals surface area contributed by atoms with Crippen LogP contribution in [-0.4, -0.2) is 5.91 Å². The predicted octanol–water partition coefficient (Wildman–Crippen LogP) is 4.31. The average molecular weight is 324 g/mol. The Hall–Kier alpha value is -1.52. The molecule has 0 bridgehead atoms. The highest BCUT2D eigenvalue weighted by atomic mass is 35.5. The van der Waals surface area contributed by atoms with Gasteiger partial charge in [-0.05, 0) is 48.7 Å². The standard InChI is InChI=1S/C16H15ClFNOS/c1-9-5-11(6-10(2)15(9)18)8-19-16(20)13-7-12(21)3-4-14(13)17/h3-7,21H,8H2,1-2H3,(H,19,20). The normalized spacial score (nSPS) is 10.5. The molecule has 0 heterocycles. The summed E-state index contributed by atoms with van der Waals surface area (Å²) in [7, 11) is 0. The van der Waals surface area contributed by atoms with E-state index in [4.69, 9.17) is 11.6 Å². The highest BCUT2D eigenvalue weighted by Crippen LogP contribution is 2.20. The first-order valence-corrected chi connectivity index (χ1v) is 7.23. The van der Waals surface area contributed by atoms with Crippen LogP contribution >= 0.6 is 24.2 Å². The Bertz CT molecular complexity index is 680. The van der Waals surface area contributed by atoms with Crippen LogP contribution in [0.25, 0.3) is 0 Å². The molecule has 0 saturated carbocycles. The van der Waals surface area contributed by atoms with Gasteiger partial charge in [-0.3, -0.25) is 4.79 Å². The Labute approximate surface area is 133 Å². The number of benzene rings is 2. The van der Waals surface area contributed by atoms with Crippen molar-refractivity contribution >= 4 is 30.1 Å². The van der Waals surface area contributed by atoms with E-state index >= 15 is 0 Å². The summed E-state index contributed by atoms with van der Waals surface area (Å²) in [6.45, 7) is 3.72. The van der Waals surface area contributed by atoms with Gasteiger partial charge in [0, 0.05) is 11.4 Å². The lowest BCUT2D eigenvalue weighted by atomic mass is 10.1. The summed E-state index contributed by atoms with van der Waals surface area (Å²) >= 11 is 10.2. The molecule has 2 aromatic carbocycles. The van der Waals surface area contributed by atoms with E-state index in [1.54, 1.807) is 44.2 Å². The van der Waals surface area contributed by atoms with Gasteiger partial charge in [-0.15, -0.1) is 12.6 Å². The summed E-state index contributed by atoms with van der Waals surface area (Å²) in [5.74, 6) is -0.494. The summed E-state index contributed by atoms with van der Waals surface area (Å²) < 4.78 is 13.6. The van der Waals surface area contributed by atoms with Gasteiger partial charge in [0.25, 0.3) is 5.91 Å². The Morgan fingerprint density at radius 3 is 2.48 bits per heavy atom. The molecule has 0 fully saturated rings. The third kappa shape index (κ3) is 3.77. The molecule has 0 aliphatic rings. The monoisotopic (exact) mass is 323 g/mol. The Balaban J connectivity index is 2.13. The highest BCUT2D eigenvalue weighted by molar-refractivity contribution is 7.80. The van der Waals surface area contributed by atoms with E-state index in [-0.39, 0.29) is 11.7 Å². The minimum Gasteiger partial charge on any atom is -0.348 e. The lowest BCUT2D eigenvalue weighted by molar-refractivity contribution is 0.0951. The quantitative estimate of drug-likeness (QED) is 0.809. The minimum atomic E-state index is -0.282. The molecule has 0 aliphatic heterocycles. The van der Waals surface area contributed by atoms with Gasteiger partial charge in [-0.1, -0.05) is 23.7 Å². The van der Waals surface area contributed by atoms with Crippen LogP contribution in [0.1, 0.15) is 27.0 Å². The Morgan fingerprint density at radius 2 is 1.86 bits per heavy atom. The van der Waals surface area contributed by atoms with E-state index < -0.39 is 0 Å². The van der Waals surface area contributed by atoms with E-state index in [1.165, 1.54) is 0 Å². The largest absolute Gasteiger partial charge is 0.348 e. The molecule has 0 radical (unpaired) electrons. The fraction of sp³-hybridized carbons (Fsp3) is 0.188. The Kier molecular flexibility index (Phi) is 4.91. The number of carbonyl (C=O) groups is 1. The number of hydrogen-bond donors (Lipinski definition) is 2. The van der Waals surface area contributed by atoms with Crippen molar-refractivity contribution in [2.75, 3.05) is 0 Å². The van der Waals surface area contributed by atoms with Crippen LogP contribution in [-0.2, 0) is 6.54 Å². The number of rotatable bonds is 3. The van der Waals surface area contributed by atoms with Gasteiger partial charge in [0.15, 0.2) is 0 Å². The lowest BCUT2D eigenvalue weighted by Crippen LogP contribution is -2.23. The zero-order chi connectivity index (χ0) is 15.6. The van der Waals surface area contributed by atoms with Crippen molar-refractivity contribution in [1.82, 2.24) is 5.32 Å². The van der Waals surface area contributed by atoms with Crippen molar-refractivity contribution in [1.29, 1.82) is 0 Å². The van der Waals surface area contributed by atoms with E-state index in [2.05, 4.69) is 17.9 Å². The van der Waals surface area contributed by atoms with Crippen LogP contribution < -0.4 is 5.32 Å². The maximum Gasteiger partial charge on any atom is 0.253 e. The first kappa shape index (κ1) is 15.9. The predicted molar refractivity (Wildman–Crippen MR) is 85.7 cm³/mol. The number of amides is 1. The fourth-order valence-electron chi connectivity index (χ4n) is 2.10. The van der Waals surface area contributed by atoms with Crippen LogP contribution in [0.5, 0.6) is 0 Å². The number of nitrogens with one attached hydrogen (secondary N) is 1. The molecular formula is C16H15ClFNOS. The summed E-state index contributed by atoms with van der Waals surface area (Å²) in [6, 6.07) is 8.40. The number of carbonyl (C=O) groups excluding carboxylic acids is 1. The molecule has 5 heteroatoms. The molecule has 0 aliphatic carbocycles. The SMILES string of the molecule is Cc1cc(CNC(=O)c2cc(S)ccc2Cl)cc(C)c1F.